The van der Waals surface area contributed by atoms with E-state index in [1.54, 1.807) is 10.8 Å². The van der Waals surface area contributed by atoms with E-state index in [4.69, 9.17) is 23.2 Å². The van der Waals surface area contributed by atoms with E-state index in [0.29, 0.717) is 40.0 Å². The zero-order valence-electron chi connectivity index (χ0n) is 10.7. The molecule has 0 amide bonds. The number of halogens is 4. The van der Waals surface area contributed by atoms with Gasteiger partial charge in [0.05, 0.1) is 10.7 Å². The van der Waals surface area contributed by atoms with E-state index in [1.807, 2.05) is 6.07 Å². The minimum absolute atomic E-state index is 0.370. The van der Waals surface area contributed by atoms with Crippen molar-refractivity contribution in [2.24, 2.45) is 0 Å². The summed E-state index contributed by atoms with van der Waals surface area (Å²) in [5.41, 5.74) is 1.82. The molecule has 0 bridgehead atoms. The molecule has 0 fully saturated rings. The second-order valence-electron chi connectivity index (χ2n) is 4.39. The molecule has 0 N–H and O–H groups in total. The third kappa shape index (κ3) is 2.78. The number of alkyl halides is 1. The predicted octanol–water partition coefficient (Wildman–Crippen LogP) is 4.76. The van der Waals surface area contributed by atoms with Crippen molar-refractivity contribution >= 4 is 50.3 Å². The van der Waals surface area contributed by atoms with Gasteiger partial charge in [-0.05, 0) is 40.2 Å². The number of benzene rings is 1. The molecule has 0 aliphatic heterocycles. The monoisotopic (exact) mass is 387 g/mol. The van der Waals surface area contributed by atoms with Crippen molar-refractivity contribution in [3.05, 3.63) is 51.6 Å². The average molecular weight is 389 g/mol. The molecule has 0 radical (unpaired) electrons. The summed E-state index contributed by atoms with van der Waals surface area (Å²) in [4.78, 5) is 8.88. The van der Waals surface area contributed by atoms with Crippen LogP contribution in [0.5, 0.6) is 0 Å². The van der Waals surface area contributed by atoms with Gasteiger partial charge in [0.2, 0.25) is 0 Å². The molecule has 0 aliphatic carbocycles. The van der Waals surface area contributed by atoms with Crippen molar-refractivity contribution in [3.63, 3.8) is 0 Å². The zero-order valence-corrected chi connectivity index (χ0v) is 13.8. The molecule has 3 aromatic rings. The number of imidazole rings is 1. The smallest absolute Gasteiger partial charge is 0.164 e. The highest BCUT2D eigenvalue weighted by Crippen LogP contribution is 2.28. The van der Waals surface area contributed by atoms with Gasteiger partial charge in [-0.2, -0.15) is 0 Å². The van der Waals surface area contributed by atoms with Gasteiger partial charge in [0.15, 0.2) is 5.65 Å². The van der Waals surface area contributed by atoms with Crippen molar-refractivity contribution in [1.82, 2.24) is 14.5 Å². The van der Waals surface area contributed by atoms with Crippen molar-refractivity contribution in [2.45, 2.75) is 6.42 Å². The summed E-state index contributed by atoms with van der Waals surface area (Å²) in [5.74, 6) is 0.723. The Labute approximate surface area is 138 Å². The highest BCUT2D eigenvalue weighted by molar-refractivity contribution is 9.10. The van der Waals surface area contributed by atoms with E-state index in [9.17, 15) is 4.39 Å². The second kappa shape index (κ2) is 5.91. The van der Waals surface area contributed by atoms with E-state index >= 15 is 0 Å². The van der Waals surface area contributed by atoms with Gasteiger partial charge in [-0.25, -0.2) is 14.4 Å². The van der Waals surface area contributed by atoms with Crippen LogP contribution >= 0.6 is 39.1 Å². The van der Waals surface area contributed by atoms with Gasteiger partial charge in [0.25, 0.3) is 0 Å². The van der Waals surface area contributed by atoms with Gasteiger partial charge in [0, 0.05) is 23.0 Å². The van der Waals surface area contributed by atoms with Gasteiger partial charge in [-0.3, -0.25) is 4.57 Å². The van der Waals surface area contributed by atoms with E-state index in [2.05, 4.69) is 25.9 Å². The quantitative estimate of drug-likeness (QED) is 0.605. The summed E-state index contributed by atoms with van der Waals surface area (Å²) in [5, 5.41) is 0.427. The summed E-state index contributed by atoms with van der Waals surface area (Å²) in [6, 6.07) is 6.05. The van der Waals surface area contributed by atoms with Crippen LogP contribution in [-0.2, 0) is 6.42 Å². The van der Waals surface area contributed by atoms with Gasteiger partial charge < -0.3 is 0 Å². The van der Waals surface area contributed by atoms with Gasteiger partial charge in [-0.1, -0.05) is 11.6 Å². The predicted molar refractivity (Wildman–Crippen MR) is 86.0 cm³/mol. The SMILES string of the molecule is Fc1ccc(Cl)c(-n2c(CCCl)nc3cc(Br)cnc32)c1. The van der Waals surface area contributed by atoms with E-state index < -0.39 is 0 Å². The fourth-order valence-corrected chi connectivity index (χ4v) is 2.84. The summed E-state index contributed by atoms with van der Waals surface area (Å²) in [6.45, 7) is 0. The molecule has 7 heteroatoms. The minimum atomic E-state index is -0.370. The third-order valence-corrected chi connectivity index (χ3v) is 3.94. The maximum absolute atomic E-state index is 13.6. The van der Waals surface area contributed by atoms with Crippen LogP contribution in [-0.4, -0.2) is 20.4 Å². The number of fused-ring (bicyclic) bond motifs is 1. The molecule has 108 valence electrons. The fraction of sp³-hybridized carbons (Fsp3) is 0.143. The lowest BCUT2D eigenvalue weighted by Crippen LogP contribution is -2.04. The van der Waals surface area contributed by atoms with Crippen molar-refractivity contribution in [1.29, 1.82) is 0 Å². The van der Waals surface area contributed by atoms with Crippen LogP contribution in [0.25, 0.3) is 16.9 Å². The van der Waals surface area contributed by atoms with Crippen LogP contribution in [0.15, 0.2) is 34.9 Å². The Hall–Kier alpha value is -1.17. The van der Waals surface area contributed by atoms with Crippen molar-refractivity contribution in [2.75, 3.05) is 5.88 Å². The highest BCUT2D eigenvalue weighted by atomic mass is 79.9. The molecule has 0 aliphatic rings. The molecule has 2 heterocycles. The summed E-state index contributed by atoms with van der Waals surface area (Å²) >= 11 is 15.4. The molecule has 0 saturated heterocycles. The Morgan fingerprint density at radius 3 is 2.86 bits per heavy atom. The number of aromatic nitrogens is 3. The molecule has 3 rings (SSSR count). The first-order valence-electron chi connectivity index (χ1n) is 6.14. The Balaban J connectivity index is 2.33. The number of aryl methyl sites for hydroxylation is 1. The fourth-order valence-electron chi connectivity index (χ4n) is 2.15. The van der Waals surface area contributed by atoms with Crippen LogP contribution < -0.4 is 0 Å². The maximum Gasteiger partial charge on any atom is 0.164 e. The van der Waals surface area contributed by atoms with E-state index in [0.717, 1.165) is 4.47 Å². The first-order chi connectivity index (χ1) is 10.1. The van der Waals surface area contributed by atoms with Gasteiger partial charge in [0.1, 0.15) is 17.2 Å². The second-order valence-corrected chi connectivity index (χ2v) is 6.10. The normalized spacial score (nSPS) is 11.2. The molecule has 0 saturated carbocycles. The number of hydrogen-bond donors (Lipinski definition) is 0. The van der Waals surface area contributed by atoms with Crippen LogP contribution in [0.4, 0.5) is 4.39 Å². The summed E-state index contributed by atoms with van der Waals surface area (Å²) < 4.78 is 16.1. The standard InChI is InChI=1S/C14H9BrCl2FN3/c15-8-5-11-14(19-7-8)21(13(20-11)3-4-16)12-6-9(18)1-2-10(12)17/h1-2,5-7H,3-4H2. The third-order valence-electron chi connectivity index (χ3n) is 3.00. The lowest BCUT2D eigenvalue weighted by atomic mass is 10.3. The molecular formula is C14H9BrCl2FN3. The van der Waals surface area contributed by atoms with Gasteiger partial charge in [-0.15, -0.1) is 11.6 Å². The lowest BCUT2D eigenvalue weighted by Gasteiger charge is -2.10. The first-order valence-corrected chi connectivity index (χ1v) is 7.85. The molecule has 0 spiro atoms. The van der Waals surface area contributed by atoms with E-state index in [1.165, 1.54) is 18.2 Å². The average Bonchev–Trinajstić information content (AvgIpc) is 2.79. The topological polar surface area (TPSA) is 30.7 Å². The molecule has 3 nitrogen and oxygen atoms in total. The Morgan fingerprint density at radius 1 is 1.29 bits per heavy atom. The number of rotatable bonds is 3. The number of pyridine rings is 1. The highest BCUT2D eigenvalue weighted by Gasteiger charge is 2.16. The summed E-state index contributed by atoms with van der Waals surface area (Å²) in [7, 11) is 0. The molecule has 0 unspecified atom stereocenters. The molecule has 1 aromatic carbocycles. The maximum atomic E-state index is 13.6. The zero-order chi connectivity index (χ0) is 15.0. The van der Waals surface area contributed by atoms with Crippen LogP contribution in [0.1, 0.15) is 5.82 Å². The number of hydrogen-bond acceptors (Lipinski definition) is 2. The first kappa shape index (κ1) is 14.8. The Bertz CT molecular complexity index is 819. The minimum Gasteiger partial charge on any atom is -0.279 e. The summed E-state index contributed by atoms with van der Waals surface area (Å²) in [6.07, 6.45) is 2.20. The molecule has 0 atom stereocenters. The van der Waals surface area contributed by atoms with Crippen molar-refractivity contribution < 1.29 is 4.39 Å². The van der Waals surface area contributed by atoms with E-state index in [-0.39, 0.29) is 5.82 Å². The lowest BCUT2D eigenvalue weighted by molar-refractivity contribution is 0.626. The Morgan fingerprint density at radius 2 is 2.10 bits per heavy atom. The van der Waals surface area contributed by atoms with Crippen LogP contribution in [0, 0.1) is 5.82 Å². The Kier molecular flexibility index (Phi) is 4.15. The van der Waals surface area contributed by atoms with Crippen LogP contribution in [0.3, 0.4) is 0 Å². The molecule has 2 aromatic heterocycles. The largest absolute Gasteiger partial charge is 0.279 e. The van der Waals surface area contributed by atoms with Gasteiger partial charge >= 0.3 is 0 Å². The van der Waals surface area contributed by atoms with Crippen molar-refractivity contribution in [3.8, 4) is 5.69 Å². The molecule has 21 heavy (non-hydrogen) atoms. The van der Waals surface area contributed by atoms with Crippen LogP contribution in [0.2, 0.25) is 5.02 Å². The molecular weight excluding hydrogens is 380 g/mol. The number of nitrogens with zero attached hydrogens (tertiary/aromatic N) is 3.